The van der Waals surface area contributed by atoms with Gasteiger partial charge in [0.25, 0.3) is 0 Å². The molecule has 1 heterocycles. The lowest BCUT2D eigenvalue weighted by Crippen LogP contribution is -2.16. The molecular weight excluding hydrogens is 178 g/mol. The lowest BCUT2D eigenvalue weighted by molar-refractivity contribution is 0.0919. The van der Waals surface area contributed by atoms with Crippen molar-refractivity contribution in [3.63, 3.8) is 0 Å². The zero-order chi connectivity index (χ0) is 10.8. The zero-order valence-corrected chi connectivity index (χ0v) is 8.86. The summed E-state index contributed by atoms with van der Waals surface area (Å²) in [5, 5.41) is 18.2. The number of aliphatic hydroxyl groups is 2. The summed E-state index contributed by atoms with van der Waals surface area (Å²) in [5.41, 5.74) is 1.41. The summed E-state index contributed by atoms with van der Waals surface area (Å²) in [7, 11) is 0. The number of aromatic nitrogens is 1. The molecule has 0 radical (unpaired) electrons. The quantitative estimate of drug-likeness (QED) is 0.750. The van der Waals surface area contributed by atoms with Gasteiger partial charge in [-0.2, -0.15) is 0 Å². The molecule has 0 aliphatic rings. The van der Waals surface area contributed by atoms with E-state index in [4.69, 9.17) is 5.11 Å². The minimum Gasteiger partial charge on any atom is -0.393 e. The highest BCUT2D eigenvalue weighted by Gasteiger charge is 2.17. The van der Waals surface area contributed by atoms with E-state index in [1.54, 1.807) is 6.07 Å². The molecule has 1 rings (SSSR count). The fourth-order valence-electron chi connectivity index (χ4n) is 1.15. The molecule has 1 aromatic heterocycles. The minimum absolute atomic E-state index is 0.0365. The number of rotatable bonds is 2. The lowest BCUT2D eigenvalue weighted by Gasteiger charge is -2.19. The Balaban J connectivity index is 3.01. The smallest absolute Gasteiger partial charge is 0.119 e. The molecule has 0 fully saturated rings. The van der Waals surface area contributed by atoms with Crippen molar-refractivity contribution >= 4 is 0 Å². The van der Waals surface area contributed by atoms with Crippen LogP contribution in [-0.4, -0.2) is 21.8 Å². The van der Waals surface area contributed by atoms with Crippen molar-refractivity contribution in [2.45, 2.75) is 32.3 Å². The molecule has 3 heteroatoms. The molecule has 78 valence electrons. The van der Waals surface area contributed by atoms with E-state index in [0.29, 0.717) is 5.69 Å². The summed E-state index contributed by atoms with van der Waals surface area (Å²) in [6, 6.07) is 5.49. The maximum absolute atomic E-state index is 9.41. The molecule has 0 aliphatic heterocycles. The Kier molecular flexibility index (Phi) is 3.24. The van der Waals surface area contributed by atoms with Gasteiger partial charge in [0, 0.05) is 11.1 Å². The summed E-state index contributed by atoms with van der Waals surface area (Å²) in [4.78, 5) is 4.30. The molecule has 0 spiro atoms. The molecule has 3 nitrogen and oxygen atoms in total. The monoisotopic (exact) mass is 195 g/mol. The second-order valence-corrected chi connectivity index (χ2v) is 4.40. The lowest BCUT2D eigenvalue weighted by atomic mass is 9.91. The van der Waals surface area contributed by atoms with Crippen LogP contribution in [0.2, 0.25) is 0 Å². The Morgan fingerprint density at radius 1 is 1.36 bits per heavy atom. The van der Waals surface area contributed by atoms with Crippen LogP contribution in [0.4, 0.5) is 0 Å². The maximum atomic E-state index is 9.41. The number of hydrogen-bond donors (Lipinski definition) is 2. The van der Waals surface area contributed by atoms with Crippen molar-refractivity contribution < 1.29 is 10.2 Å². The van der Waals surface area contributed by atoms with Crippen LogP contribution in [0.25, 0.3) is 0 Å². The average Bonchev–Trinajstić information content (AvgIpc) is 2.15. The van der Waals surface area contributed by atoms with Gasteiger partial charge < -0.3 is 10.2 Å². The Hall–Kier alpha value is -0.930. The van der Waals surface area contributed by atoms with Gasteiger partial charge in [-0.05, 0) is 12.1 Å². The van der Waals surface area contributed by atoms with Crippen LogP contribution in [-0.2, 0) is 5.41 Å². The van der Waals surface area contributed by atoms with E-state index in [0.717, 1.165) is 5.69 Å². The third kappa shape index (κ3) is 2.53. The molecule has 2 N–H and O–H groups in total. The molecule has 0 saturated carbocycles. The number of pyridine rings is 1. The Morgan fingerprint density at radius 2 is 2.00 bits per heavy atom. The molecule has 0 saturated heterocycles. The van der Waals surface area contributed by atoms with Crippen molar-refractivity contribution in [3.8, 4) is 0 Å². The summed E-state index contributed by atoms with van der Waals surface area (Å²) in [6.45, 7) is 5.89. The Morgan fingerprint density at radius 3 is 2.50 bits per heavy atom. The highest BCUT2D eigenvalue weighted by Crippen LogP contribution is 2.21. The van der Waals surface area contributed by atoms with E-state index in [9.17, 15) is 5.11 Å². The number of hydrogen-bond acceptors (Lipinski definition) is 3. The topological polar surface area (TPSA) is 53.4 Å². The van der Waals surface area contributed by atoms with Gasteiger partial charge in [0.05, 0.1) is 12.3 Å². The van der Waals surface area contributed by atoms with E-state index in [1.807, 2.05) is 12.1 Å². The summed E-state index contributed by atoms with van der Waals surface area (Å²) >= 11 is 0. The molecule has 14 heavy (non-hydrogen) atoms. The van der Waals surface area contributed by atoms with Crippen LogP contribution in [0, 0.1) is 0 Å². The van der Waals surface area contributed by atoms with Gasteiger partial charge in [0.1, 0.15) is 6.10 Å². The average molecular weight is 195 g/mol. The second-order valence-electron chi connectivity index (χ2n) is 4.40. The summed E-state index contributed by atoms with van der Waals surface area (Å²) < 4.78 is 0. The molecule has 1 atom stereocenters. The third-order valence-electron chi connectivity index (χ3n) is 2.05. The normalized spacial score (nSPS) is 14.1. The van der Waals surface area contributed by atoms with Crippen LogP contribution >= 0.6 is 0 Å². The maximum Gasteiger partial charge on any atom is 0.119 e. The van der Waals surface area contributed by atoms with Gasteiger partial charge in [-0.15, -0.1) is 0 Å². The first-order chi connectivity index (χ1) is 6.45. The predicted octanol–water partition coefficient (Wildman–Crippen LogP) is 1.40. The van der Waals surface area contributed by atoms with Gasteiger partial charge in [-0.25, -0.2) is 0 Å². The highest BCUT2D eigenvalue weighted by molar-refractivity contribution is 5.18. The fourth-order valence-corrected chi connectivity index (χ4v) is 1.15. The van der Waals surface area contributed by atoms with E-state index in [-0.39, 0.29) is 12.0 Å². The first-order valence-electron chi connectivity index (χ1n) is 4.71. The first-order valence-corrected chi connectivity index (χ1v) is 4.71. The Bertz CT molecular complexity index is 304. The molecule has 0 aromatic carbocycles. The van der Waals surface area contributed by atoms with Crippen LogP contribution in [0.1, 0.15) is 38.3 Å². The third-order valence-corrected chi connectivity index (χ3v) is 2.05. The van der Waals surface area contributed by atoms with Crippen LogP contribution in [0.15, 0.2) is 18.2 Å². The van der Waals surface area contributed by atoms with E-state index in [2.05, 4.69) is 25.8 Å². The van der Waals surface area contributed by atoms with Crippen LogP contribution < -0.4 is 0 Å². The van der Waals surface area contributed by atoms with Crippen molar-refractivity contribution in [3.05, 3.63) is 29.6 Å². The van der Waals surface area contributed by atoms with Gasteiger partial charge in [0.15, 0.2) is 0 Å². The van der Waals surface area contributed by atoms with Crippen molar-refractivity contribution in [1.29, 1.82) is 0 Å². The minimum atomic E-state index is -0.878. The molecule has 1 aromatic rings. The van der Waals surface area contributed by atoms with Crippen LogP contribution in [0.5, 0.6) is 0 Å². The number of aliphatic hydroxyl groups excluding tert-OH is 2. The molecular formula is C11H17NO2. The summed E-state index contributed by atoms with van der Waals surface area (Å²) in [6.07, 6.45) is -0.878. The van der Waals surface area contributed by atoms with Gasteiger partial charge in [0.2, 0.25) is 0 Å². The van der Waals surface area contributed by atoms with Crippen molar-refractivity contribution in [2.24, 2.45) is 0 Å². The van der Waals surface area contributed by atoms with Crippen LogP contribution in [0.3, 0.4) is 0 Å². The first kappa shape index (κ1) is 11.1. The molecule has 0 aliphatic carbocycles. The highest BCUT2D eigenvalue weighted by atomic mass is 16.3. The molecule has 0 amide bonds. The predicted molar refractivity (Wildman–Crippen MR) is 55.0 cm³/mol. The summed E-state index contributed by atoms with van der Waals surface area (Å²) in [5.74, 6) is 0. The fraction of sp³-hybridized carbons (Fsp3) is 0.545. The second kappa shape index (κ2) is 4.07. The molecule has 0 bridgehead atoms. The Labute approximate surface area is 84.4 Å². The zero-order valence-electron chi connectivity index (χ0n) is 8.86. The van der Waals surface area contributed by atoms with Crippen molar-refractivity contribution in [2.75, 3.05) is 6.61 Å². The largest absolute Gasteiger partial charge is 0.393 e. The van der Waals surface area contributed by atoms with E-state index in [1.165, 1.54) is 0 Å². The SMILES string of the molecule is CC(C)(C)c1cccc(C(O)CO)n1. The number of nitrogens with zero attached hydrogens (tertiary/aromatic N) is 1. The molecule has 1 unspecified atom stereocenters. The van der Waals surface area contributed by atoms with Gasteiger partial charge in [-0.3, -0.25) is 4.98 Å². The van der Waals surface area contributed by atoms with E-state index < -0.39 is 6.10 Å². The van der Waals surface area contributed by atoms with Crippen molar-refractivity contribution in [1.82, 2.24) is 4.98 Å². The standard InChI is InChI=1S/C11H17NO2/c1-11(2,3)10-6-4-5-8(12-10)9(14)7-13/h4-6,9,13-14H,7H2,1-3H3. The van der Waals surface area contributed by atoms with Gasteiger partial charge >= 0.3 is 0 Å². The van der Waals surface area contributed by atoms with E-state index >= 15 is 0 Å². The van der Waals surface area contributed by atoms with Gasteiger partial charge in [-0.1, -0.05) is 26.8 Å².